The van der Waals surface area contributed by atoms with E-state index in [1.165, 1.54) is 32.4 Å². The summed E-state index contributed by atoms with van der Waals surface area (Å²) in [4.78, 5) is 30.2. The van der Waals surface area contributed by atoms with Gasteiger partial charge in [0.15, 0.2) is 23.1 Å². The Bertz CT molecular complexity index is 1470. The molecule has 0 radical (unpaired) electrons. The van der Waals surface area contributed by atoms with E-state index < -0.39 is 53.3 Å². The first-order valence-electron chi connectivity index (χ1n) is 10.5. The van der Waals surface area contributed by atoms with Gasteiger partial charge in [-0.15, -0.1) is 0 Å². The molecule has 0 aliphatic carbocycles. The number of halogens is 8. The molecule has 2 heterocycles. The topological polar surface area (TPSA) is 96.8 Å². The van der Waals surface area contributed by atoms with Crippen LogP contribution >= 0.6 is 23.2 Å². The highest BCUT2D eigenvalue weighted by atomic mass is 35.5. The molecule has 0 N–H and O–H groups in total. The molecule has 0 aliphatic rings. The fraction of sp³-hybridized carbons (Fsp3) is 0.167. The summed E-state index contributed by atoms with van der Waals surface area (Å²) in [6, 6.07) is 4.65. The van der Waals surface area contributed by atoms with Crippen molar-refractivity contribution in [1.29, 1.82) is 0 Å². The molecular formula is C24H14Cl2F6N2O6. The highest BCUT2D eigenvalue weighted by Gasteiger charge is 2.21. The molecule has 40 heavy (non-hydrogen) atoms. The van der Waals surface area contributed by atoms with Gasteiger partial charge in [-0.1, -0.05) is 23.2 Å². The zero-order valence-corrected chi connectivity index (χ0v) is 21.5. The lowest BCUT2D eigenvalue weighted by Gasteiger charge is -2.10. The second-order valence-corrected chi connectivity index (χ2v) is 8.12. The number of aromatic nitrogens is 2. The molecule has 0 amide bonds. The molecule has 0 bridgehead atoms. The Morgan fingerprint density at radius 3 is 1.73 bits per heavy atom. The number of fused-ring (bicyclic) bond motifs is 2. The number of carbonyl (C=O) groups is 2. The highest BCUT2D eigenvalue weighted by molar-refractivity contribution is 6.36. The molecule has 2 aromatic heterocycles. The molecule has 0 saturated heterocycles. The normalized spacial score (nSPS) is 10.9. The third kappa shape index (κ3) is 6.74. The predicted molar refractivity (Wildman–Crippen MR) is 129 cm³/mol. The van der Waals surface area contributed by atoms with Crippen LogP contribution < -0.4 is 9.47 Å². The smallest absolute Gasteiger partial charge is 0.387 e. The van der Waals surface area contributed by atoms with Crippen molar-refractivity contribution in [3.05, 3.63) is 69.5 Å². The van der Waals surface area contributed by atoms with Gasteiger partial charge >= 0.3 is 25.2 Å². The Morgan fingerprint density at radius 2 is 1.23 bits per heavy atom. The van der Waals surface area contributed by atoms with E-state index in [1.54, 1.807) is 0 Å². The van der Waals surface area contributed by atoms with Crippen LogP contribution in [0, 0.1) is 11.6 Å². The maximum absolute atomic E-state index is 14.0. The molecular weight excluding hydrogens is 597 g/mol. The fourth-order valence-corrected chi connectivity index (χ4v) is 3.77. The number of hydrogen-bond acceptors (Lipinski definition) is 8. The number of benzene rings is 2. The minimum absolute atomic E-state index is 0.0383. The van der Waals surface area contributed by atoms with E-state index in [0.717, 1.165) is 18.5 Å². The average molecular weight is 611 g/mol. The zero-order chi connectivity index (χ0) is 29.7. The summed E-state index contributed by atoms with van der Waals surface area (Å²) in [5, 5.41) is -0.412. The second-order valence-electron chi connectivity index (χ2n) is 7.33. The van der Waals surface area contributed by atoms with Gasteiger partial charge in [0.25, 0.3) is 0 Å². The first kappa shape index (κ1) is 30.5. The lowest BCUT2D eigenvalue weighted by molar-refractivity contribution is -0.0526. The molecule has 4 rings (SSSR count). The summed E-state index contributed by atoms with van der Waals surface area (Å²) in [6.45, 7) is -6.43. The molecule has 2 aromatic carbocycles. The summed E-state index contributed by atoms with van der Waals surface area (Å²) >= 11 is 11.5. The second kappa shape index (κ2) is 12.9. The third-order valence-corrected chi connectivity index (χ3v) is 5.53. The third-order valence-electron chi connectivity index (χ3n) is 4.90. The van der Waals surface area contributed by atoms with E-state index in [2.05, 4.69) is 28.9 Å². The largest absolute Gasteiger partial charge is 0.465 e. The van der Waals surface area contributed by atoms with Gasteiger partial charge in [0.05, 0.1) is 35.9 Å². The van der Waals surface area contributed by atoms with E-state index in [9.17, 15) is 35.9 Å². The predicted octanol–water partition coefficient (Wildman–Crippen LogP) is 6.83. The number of esters is 2. The molecule has 0 saturated carbocycles. The van der Waals surface area contributed by atoms with Crippen molar-refractivity contribution in [1.82, 2.24) is 9.97 Å². The molecule has 4 aromatic rings. The molecule has 0 fully saturated rings. The highest BCUT2D eigenvalue weighted by Crippen LogP contribution is 2.36. The quantitative estimate of drug-likeness (QED) is 0.173. The van der Waals surface area contributed by atoms with Gasteiger partial charge in [0, 0.05) is 23.2 Å². The van der Waals surface area contributed by atoms with Crippen LogP contribution in [-0.2, 0) is 9.47 Å². The Morgan fingerprint density at radius 1 is 0.750 bits per heavy atom. The average Bonchev–Trinajstić information content (AvgIpc) is 2.91. The van der Waals surface area contributed by atoms with Crippen LogP contribution in [-0.4, -0.2) is 49.3 Å². The first-order chi connectivity index (χ1) is 18.9. The van der Waals surface area contributed by atoms with E-state index in [-0.39, 0.29) is 38.0 Å². The lowest BCUT2D eigenvalue weighted by atomic mass is 10.1. The standard InChI is InChI=1S/2C12H7ClF3NO3/c1-19-11(18)6-2-5-3-7(14)10(20-12(15)16)8(13)9(5)17-4-6;1-19-11(18)6-2-5-3-7(13)10(20-12(15)16)8(14)9(5)17-4-6/h2*2-4,12H,1H3. The van der Waals surface area contributed by atoms with Crippen molar-refractivity contribution in [3.8, 4) is 11.5 Å². The van der Waals surface area contributed by atoms with Crippen molar-refractivity contribution in [2.45, 2.75) is 13.2 Å². The maximum Gasteiger partial charge on any atom is 0.387 e. The number of hydrogen-bond donors (Lipinski definition) is 0. The number of nitrogens with zero attached hydrogens (tertiary/aromatic N) is 2. The first-order valence-corrected chi connectivity index (χ1v) is 11.2. The van der Waals surface area contributed by atoms with Crippen molar-refractivity contribution < 1.29 is 54.9 Å². The van der Waals surface area contributed by atoms with Gasteiger partial charge < -0.3 is 18.9 Å². The summed E-state index contributed by atoms with van der Waals surface area (Å²) in [5.74, 6) is -5.09. The minimum Gasteiger partial charge on any atom is -0.465 e. The van der Waals surface area contributed by atoms with Gasteiger partial charge in [-0.25, -0.2) is 18.4 Å². The van der Waals surface area contributed by atoms with Crippen LogP contribution in [0.3, 0.4) is 0 Å². The van der Waals surface area contributed by atoms with Crippen molar-refractivity contribution in [2.24, 2.45) is 0 Å². The van der Waals surface area contributed by atoms with Gasteiger partial charge in [-0.2, -0.15) is 17.6 Å². The van der Waals surface area contributed by atoms with E-state index in [1.807, 2.05) is 0 Å². The molecule has 8 nitrogen and oxygen atoms in total. The monoisotopic (exact) mass is 610 g/mol. The number of alkyl halides is 4. The fourth-order valence-electron chi connectivity index (χ4n) is 3.23. The summed E-state index contributed by atoms with van der Waals surface area (Å²) in [7, 11) is 2.36. The van der Waals surface area contributed by atoms with E-state index in [0.29, 0.717) is 0 Å². The van der Waals surface area contributed by atoms with Crippen molar-refractivity contribution >= 4 is 56.9 Å². The Balaban J connectivity index is 0.000000220. The number of rotatable bonds is 6. The number of methoxy groups -OCH3 is 2. The van der Waals surface area contributed by atoms with Crippen LogP contribution in [0.25, 0.3) is 21.8 Å². The SMILES string of the molecule is COC(=O)c1cnc2c(Cl)c(OC(F)F)c(F)cc2c1.COC(=O)c1cnc2c(F)c(OC(F)F)c(Cl)cc2c1. The molecule has 16 heteroatoms. The van der Waals surface area contributed by atoms with Crippen molar-refractivity contribution in [2.75, 3.05) is 14.2 Å². The number of pyridine rings is 2. The van der Waals surface area contributed by atoms with Crippen LogP contribution in [0.5, 0.6) is 11.5 Å². The maximum atomic E-state index is 14.0. The van der Waals surface area contributed by atoms with Gasteiger partial charge in [0.2, 0.25) is 0 Å². The van der Waals surface area contributed by atoms with Crippen LogP contribution in [0.1, 0.15) is 20.7 Å². The Kier molecular flexibility index (Phi) is 9.82. The molecule has 0 aliphatic heterocycles. The summed E-state index contributed by atoms with van der Waals surface area (Å²) in [6.07, 6.45) is 2.21. The number of ether oxygens (including phenoxy) is 4. The van der Waals surface area contributed by atoms with E-state index >= 15 is 0 Å². The zero-order valence-electron chi connectivity index (χ0n) is 20.0. The minimum atomic E-state index is -3.21. The Labute approximate surface area is 230 Å². The summed E-state index contributed by atoms with van der Waals surface area (Å²) < 4.78 is 93.3. The van der Waals surface area contributed by atoms with Gasteiger partial charge in [-0.05, 0) is 24.3 Å². The van der Waals surface area contributed by atoms with Crippen molar-refractivity contribution in [3.63, 3.8) is 0 Å². The molecule has 0 atom stereocenters. The van der Waals surface area contributed by atoms with E-state index in [4.69, 9.17) is 23.2 Å². The van der Waals surface area contributed by atoms with Crippen LogP contribution in [0.15, 0.2) is 36.7 Å². The Hall–Kier alpha value is -4.04. The molecule has 212 valence electrons. The molecule has 0 spiro atoms. The van der Waals surface area contributed by atoms with Crippen LogP contribution in [0.4, 0.5) is 26.3 Å². The van der Waals surface area contributed by atoms with Crippen LogP contribution in [0.2, 0.25) is 10.0 Å². The molecule has 0 unspecified atom stereocenters. The number of carbonyl (C=O) groups excluding carboxylic acids is 2. The van der Waals surface area contributed by atoms with Gasteiger partial charge in [0.1, 0.15) is 10.5 Å². The summed E-state index contributed by atoms with van der Waals surface area (Å²) in [5.41, 5.74) is -0.0370. The van der Waals surface area contributed by atoms with Gasteiger partial charge in [-0.3, -0.25) is 9.97 Å². The lowest BCUT2D eigenvalue weighted by Crippen LogP contribution is -2.06.